The molecule has 0 atom stereocenters. The third kappa shape index (κ3) is 2.64. The van der Waals surface area contributed by atoms with Crippen LogP contribution in [-0.4, -0.2) is 9.97 Å². The van der Waals surface area contributed by atoms with Gasteiger partial charge in [-0.25, -0.2) is 9.97 Å². The highest BCUT2D eigenvalue weighted by atomic mass is 35.5. The summed E-state index contributed by atoms with van der Waals surface area (Å²) >= 11 is 13.4. The smallest absolute Gasteiger partial charge is 0.145 e. The zero-order valence-corrected chi connectivity index (χ0v) is 10.8. The van der Waals surface area contributed by atoms with Crippen LogP contribution < -0.4 is 5.32 Å². The van der Waals surface area contributed by atoms with Crippen LogP contribution in [0, 0.1) is 6.92 Å². The van der Waals surface area contributed by atoms with Crippen LogP contribution in [0.1, 0.15) is 10.6 Å². The number of rotatable bonds is 3. The minimum atomic E-state index is 0.523. The van der Waals surface area contributed by atoms with Crippen LogP contribution in [0.4, 0.5) is 5.82 Å². The minimum Gasteiger partial charge on any atom is -0.364 e. The normalized spacial score (nSPS) is 10.4. The summed E-state index contributed by atoms with van der Waals surface area (Å²) in [5.41, 5.74) is 2.85. The van der Waals surface area contributed by atoms with Crippen molar-refractivity contribution in [3.05, 3.63) is 38.4 Å². The Morgan fingerprint density at radius 3 is 2.81 bits per heavy atom. The van der Waals surface area contributed by atoms with Gasteiger partial charge in [-0.3, -0.25) is 0 Å². The molecule has 16 heavy (non-hydrogen) atoms. The number of nitrogens with zero attached hydrogens (tertiary/aromatic N) is 2. The molecule has 0 fully saturated rings. The lowest BCUT2D eigenvalue weighted by Crippen LogP contribution is -2.01. The van der Waals surface area contributed by atoms with Gasteiger partial charge >= 0.3 is 0 Å². The predicted octanol–water partition coefficient (Wildman–Crippen LogP) is 3.77. The first-order valence-electron chi connectivity index (χ1n) is 4.60. The number of aromatic nitrogens is 2. The molecule has 0 aliphatic carbocycles. The van der Waals surface area contributed by atoms with Gasteiger partial charge in [-0.15, -0.1) is 11.3 Å². The Balaban J connectivity index is 2.08. The van der Waals surface area contributed by atoms with Crippen LogP contribution in [-0.2, 0) is 6.54 Å². The number of thiazole rings is 1. The van der Waals surface area contributed by atoms with Crippen molar-refractivity contribution in [2.45, 2.75) is 13.5 Å². The summed E-state index contributed by atoms with van der Waals surface area (Å²) in [5, 5.41) is 4.21. The number of halogens is 2. The fourth-order valence-electron chi connectivity index (χ4n) is 1.20. The standard InChI is InChI=1S/C10H9Cl2N3S/c1-6-9(16-5-15-6)4-14-10-8(12)2-7(11)3-13-10/h2-3,5H,4H2,1H3,(H,13,14). The van der Waals surface area contributed by atoms with E-state index >= 15 is 0 Å². The molecule has 3 nitrogen and oxygen atoms in total. The van der Waals surface area contributed by atoms with Gasteiger partial charge in [0, 0.05) is 11.1 Å². The van der Waals surface area contributed by atoms with Crippen LogP contribution in [0.5, 0.6) is 0 Å². The maximum atomic E-state index is 5.99. The second-order valence-electron chi connectivity index (χ2n) is 3.20. The molecule has 2 rings (SSSR count). The molecular formula is C10H9Cl2N3S. The van der Waals surface area contributed by atoms with E-state index in [0.717, 1.165) is 5.69 Å². The van der Waals surface area contributed by atoms with Crippen molar-refractivity contribution in [1.29, 1.82) is 0 Å². The van der Waals surface area contributed by atoms with Gasteiger partial charge in [0.2, 0.25) is 0 Å². The number of nitrogens with one attached hydrogen (secondary N) is 1. The number of pyridine rings is 1. The largest absolute Gasteiger partial charge is 0.364 e. The zero-order chi connectivity index (χ0) is 11.5. The minimum absolute atomic E-state index is 0.523. The quantitative estimate of drug-likeness (QED) is 0.925. The molecule has 84 valence electrons. The first-order valence-corrected chi connectivity index (χ1v) is 6.24. The van der Waals surface area contributed by atoms with Crippen molar-refractivity contribution in [3.8, 4) is 0 Å². The van der Waals surface area contributed by atoms with E-state index in [1.165, 1.54) is 4.88 Å². The fourth-order valence-corrected chi connectivity index (χ4v) is 2.37. The molecule has 6 heteroatoms. The van der Waals surface area contributed by atoms with Gasteiger partial charge in [0.15, 0.2) is 0 Å². The summed E-state index contributed by atoms with van der Waals surface area (Å²) < 4.78 is 0. The summed E-state index contributed by atoms with van der Waals surface area (Å²) in [6, 6.07) is 1.66. The Labute approximate surface area is 107 Å². The van der Waals surface area contributed by atoms with Gasteiger partial charge in [0.05, 0.1) is 27.8 Å². The molecule has 0 radical (unpaired) electrons. The number of aryl methyl sites for hydroxylation is 1. The highest BCUT2D eigenvalue weighted by Crippen LogP contribution is 2.23. The van der Waals surface area contributed by atoms with E-state index in [-0.39, 0.29) is 0 Å². The Hall–Kier alpha value is -0.840. The van der Waals surface area contributed by atoms with Crippen LogP contribution in [0.15, 0.2) is 17.8 Å². The highest BCUT2D eigenvalue weighted by Gasteiger charge is 2.05. The Morgan fingerprint density at radius 1 is 1.38 bits per heavy atom. The molecule has 0 spiro atoms. The molecule has 0 unspecified atom stereocenters. The van der Waals surface area contributed by atoms with E-state index in [0.29, 0.717) is 22.4 Å². The molecule has 0 amide bonds. The number of anilines is 1. The topological polar surface area (TPSA) is 37.8 Å². The second-order valence-corrected chi connectivity index (χ2v) is 4.98. The van der Waals surface area contributed by atoms with Crippen molar-refractivity contribution < 1.29 is 0 Å². The maximum absolute atomic E-state index is 5.99. The maximum Gasteiger partial charge on any atom is 0.145 e. The number of hydrogen-bond donors (Lipinski definition) is 1. The van der Waals surface area contributed by atoms with E-state index in [1.54, 1.807) is 23.6 Å². The van der Waals surface area contributed by atoms with Gasteiger partial charge < -0.3 is 5.32 Å². The lowest BCUT2D eigenvalue weighted by Gasteiger charge is -2.06. The molecule has 0 saturated heterocycles. The van der Waals surface area contributed by atoms with Gasteiger partial charge in [-0.05, 0) is 13.0 Å². The SMILES string of the molecule is Cc1ncsc1CNc1ncc(Cl)cc1Cl. The Morgan fingerprint density at radius 2 is 2.19 bits per heavy atom. The predicted molar refractivity (Wildman–Crippen MR) is 68.4 cm³/mol. The van der Waals surface area contributed by atoms with Crippen molar-refractivity contribution >= 4 is 40.4 Å². The van der Waals surface area contributed by atoms with Crippen LogP contribution >= 0.6 is 34.5 Å². The second kappa shape index (κ2) is 4.99. The molecule has 1 N–H and O–H groups in total. The summed E-state index contributed by atoms with van der Waals surface area (Å²) in [6.45, 7) is 2.65. The monoisotopic (exact) mass is 273 g/mol. The molecule has 0 aromatic carbocycles. The van der Waals surface area contributed by atoms with Crippen molar-refractivity contribution in [2.24, 2.45) is 0 Å². The van der Waals surface area contributed by atoms with Gasteiger partial charge in [-0.1, -0.05) is 23.2 Å². The fraction of sp³-hybridized carbons (Fsp3) is 0.200. The molecular weight excluding hydrogens is 265 g/mol. The zero-order valence-electron chi connectivity index (χ0n) is 8.50. The highest BCUT2D eigenvalue weighted by molar-refractivity contribution is 7.09. The Kier molecular flexibility index (Phi) is 3.63. The van der Waals surface area contributed by atoms with E-state index in [9.17, 15) is 0 Å². The van der Waals surface area contributed by atoms with Crippen LogP contribution in [0.3, 0.4) is 0 Å². The van der Waals surface area contributed by atoms with E-state index in [2.05, 4.69) is 15.3 Å². The van der Waals surface area contributed by atoms with Crippen molar-refractivity contribution in [3.63, 3.8) is 0 Å². The first-order chi connectivity index (χ1) is 7.66. The molecule has 2 aromatic heterocycles. The molecule has 0 aliphatic rings. The third-order valence-electron chi connectivity index (χ3n) is 2.07. The van der Waals surface area contributed by atoms with Crippen LogP contribution in [0.2, 0.25) is 10.0 Å². The lowest BCUT2D eigenvalue weighted by atomic mass is 10.4. The third-order valence-corrected chi connectivity index (χ3v) is 3.50. The van der Waals surface area contributed by atoms with Gasteiger partial charge in [0.1, 0.15) is 5.82 Å². The summed E-state index contributed by atoms with van der Waals surface area (Å²) in [5.74, 6) is 0.638. The van der Waals surface area contributed by atoms with Crippen LogP contribution in [0.25, 0.3) is 0 Å². The molecule has 0 aliphatic heterocycles. The summed E-state index contributed by atoms with van der Waals surface area (Å²) in [6.07, 6.45) is 1.56. The van der Waals surface area contributed by atoms with Crippen molar-refractivity contribution in [1.82, 2.24) is 9.97 Å². The molecule has 0 saturated carbocycles. The van der Waals surface area contributed by atoms with Crippen molar-refractivity contribution in [2.75, 3.05) is 5.32 Å². The molecule has 2 aromatic rings. The van der Waals surface area contributed by atoms with Gasteiger partial charge in [0.25, 0.3) is 0 Å². The lowest BCUT2D eigenvalue weighted by molar-refractivity contribution is 1.10. The average Bonchev–Trinajstić information content (AvgIpc) is 2.63. The Bertz CT molecular complexity index is 499. The molecule has 2 heterocycles. The van der Waals surface area contributed by atoms with E-state index in [1.807, 2.05) is 12.4 Å². The first kappa shape index (κ1) is 11.6. The number of hydrogen-bond acceptors (Lipinski definition) is 4. The van der Waals surface area contributed by atoms with E-state index < -0.39 is 0 Å². The summed E-state index contributed by atoms with van der Waals surface area (Å²) in [7, 11) is 0. The van der Waals surface area contributed by atoms with Gasteiger partial charge in [-0.2, -0.15) is 0 Å². The summed E-state index contributed by atoms with van der Waals surface area (Å²) in [4.78, 5) is 9.46. The molecule has 0 bridgehead atoms. The average molecular weight is 274 g/mol. The van der Waals surface area contributed by atoms with E-state index in [4.69, 9.17) is 23.2 Å².